The molecule has 0 fully saturated rings. The first kappa shape index (κ1) is 14.5. The van der Waals surface area contributed by atoms with Crippen molar-refractivity contribution in [3.8, 4) is 0 Å². The molecular formula is C12H10BrClN4O2. The zero-order valence-corrected chi connectivity index (χ0v) is 12.7. The van der Waals surface area contributed by atoms with Gasteiger partial charge in [0.1, 0.15) is 5.82 Å². The standard InChI is InChI=1S/C12H10BrClN4O2/c1-15-11-5-4-10(18(19)20)12(17-11)16-7-2-3-8(13)9(14)6-7/h2-6H,1H3,(H2,15,16,17). The maximum atomic E-state index is 11.0. The molecular weight excluding hydrogens is 348 g/mol. The Morgan fingerprint density at radius 1 is 1.35 bits per heavy atom. The van der Waals surface area contributed by atoms with Gasteiger partial charge in [-0.1, -0.05) is 11.6 Å². The summed E-state index contributed by atoms with van der Waals surface area (Å²) in [5, 5.41) is 17.2. The Balaban J connectivity index is 2.40. The van der Waals surface area contributed by atoms with E-state index in [9.17, 15) is 10.1 Å². The summed E-state index contributed by atoms with van der Waals surface area (Å²) in [5.41, 5.74) is 0.505. The number of benzene rings is 1. The van der Waals surface area contributed by atoms with Gasteiger partial charge in [-0.15, -0.1) is 0 Å². The van der Waals surface area contributed by atoms with Gasteiger partial charge in [-0.2, -0.15) is 0 Å². The maximum absolute atomic E-state index is 11.0. The molecule has 0 saturated carbocycles. The van der Waals surface area contributed by atoms with Gasteiger partial charge in [0.2, 0.25) is 5.82 Å². The van der Waals surface area contributed by atoms with Crippen LogP contribution in [-0.2, 0) is 0 Å². The van der Waals surface area contributed by atoms with Gasteiger partial charge in [0.25, 0.3) is 0 Å². The second kappa shape index (κ2) is 6.06. The average Bonchev–Trinajstić information content (AvgIpc) is 2.42. The van der Waals surface area contributed by atoms with E-state index in [1.807, 2.05) is 0 Å². The largest absolute Gasteiger partial charge is 0.373 e. The predicted octanol–water partition coefficient (Wildman–Crippen LogP) is 4.19. The highest BCUT2D eigenvalue weighted by Crippen LogP contribution is 2.30. The van der Waals surface area contributed by atoms with Crippen molar-refractivity contribution in [1.29, 1.82) is 0 Å². The van der Waals surface area contributed by atoms with Crippen molar-refractivity contribution >= 4 is 50.5 Å². The molecule has 0 atom stereocenters. The molecule has 0 aliphatic heterocycles. The highest BCUT2D eigenvalue weighted by atomic mass is 79.9. The van der Waals surface area contributed by atoms with Crippen molar-refractivity contribution in [2.45, 2.75) is 0 Å². The molecule has 1 aromatic carbocycles. The van der Waals surface area contributed by atoms with Crippen LogP contribution in [0.1, 0.15) is 0 Å². The molecule has 2 N–H and O–H groups in total. The van der Waals surface area contributed by atoms with Gasteiger partial charge in [0.05, 0.1) is 9.95 Å². The molecule has 20 heavy (non-hydrogen) atoms. The maximum Gasteiger partial charge on any atom is 0.311 e. The molecule has 6 nitrogen and oxygen atoms in total. The van der Waals surface area contributed by atoms with Crippen LogP contribution < -0.4 is 10.6 Å². The van der Waals surface area contributed by atoms with Crippen LogP contribution in [0.2, 0.25) is 5.02 Å². The van der Waals surface area contributed by atoms with E-state index in [0.29, 0.717) is 16.5 Å². The second-order valence-corrected chi connectivity index (χ2v) is 5.09. The van der Waals surface area contributed by atoms with Crippen LogP contribution in [0.4, 0.5) is 23.0 Å². The van der Waals surface area contributed by atoms with E-state index in [-0.39, 0.29) is 11.5 Å². The number of rotatable bonds is 4. The number of nitrogens with one attached hydrogen (secondary N) is 2. The molecule has 1 aromatic heterocycles. The Kier molecular flexibility index (Phi) is 4.41. The van der Waals surface area contributed by atoms with Crippen LogP contribution in [0.3, 0.4) is 0 Å². The van der Waals surface area contributed by atoms with E-state index in [1.165, 1.54) is 12.1 Å². The molecule has 8 heteroatoms. The van der Waals surface area contributed by atoms with E-state index < -0.39 is 4.92 Å². The lowest BCUT2D eigenvalue weighted by molar-refractivity contribution is -0.384. The fourth-order valence-electron chi connectivity index (χ4n) is 1.54. The summed E-state index contributed by atoms with van der Waals surface area (Å²) in [6, 6.07) is 8.08. The van der Waals surface area contributed by atoms with E-state index in [1.54, 1.807) is 25.2 Å². The summed E-state index contributed by atoms with van der Waals surface area (Å²) in [4.78, 5) is 14.7. The zero-order valence-electron chi connectivity index (χ0n) is 10.4. The molecule has 0 bridgehead atoms. The number of nitrogens with zero attached hydrogens (tertiary/aromatic N) is 2. The summed E-state index contributed by atoms with van der Waals surface area (Å²) in [6.07, 6.45) is 0. The molecule has 2 rings (SSSR count). The lowest BCUT2D eigenvalue weighted by Gasteiger charge is -2.09. The minimum Gasteiger partial charge on any atom is -0.373 e. The quantitative estimate of drug-likeness (QED) is 0.633. The monoisotopic (exact) mass is 356 g/mol. The Morgan fingerprint density at radius 3 is 2.70 bits per heavy atom. The molecule has 0 unspecified atom stereocenters. The molecule has 0 amide bonds. The van der Waals surface area contributed by atoms with Crippen molar-refractivity contribution in [2.24, 2.45) is 0 Å². The van der Waals surface area contributed by atoms with E-state index in [0.717, 1.165) is 4.47 Å². The van der Waals surface area contributed by atoms with Crippen molar-refractivity contribution in [2.75, 3.05) is 17.7 Å². The topological polar surface area (TPSA) is 80.1 Å². The van der Waals surface area contributed by atoms with Crippen LogP contribution in [0.15, 0.2) is 34.8 Å². The third-order valence-corrected chi connectivity index (χ3v) is 3.74. The van der Waals surface area contributed by atoms with Crippen molar-refractivity contribution in [3.05, 3.63) is 49.9 Å². The van der Waals surface area contributed by atoms with Gasteiger partial charge in [-0.05, 0) is 40.2 Å². The Morgan fingerprint density at radius 2 is 2.10 bits per heavy atom. The van der Waals surface area contributed by atoms with Crippen LogP contribution in [0.5, 0.6) is 0 Å². The van der Waals surface area contributed by atoms with Crippen LogP contribution >= 0.6 is 27.5 Å². The van der Waals surface area contributed by atoms with E-state index >= 15 is 0 Å². The Labute approximate surface area is 128 Å². The van der Waals surface area contributed by atoms with Gasteiger partial charge >= 0.3 is 5.69 Å². The Hall–Kier alpha value is -1.86. The molecule has 0 saturated heterocycles. The summed E-state index contributed by atoms with van der Waals surface area (Å²) < 4.78 is 0.746. The number of pyridine rings is 1. The predicted molar refractivity (Wildman–Crippen MR) is 82.9 cm³/mol. The molecule has 2 aromatic rings. The number of hydrogen-bond donors (Lipinski definition) is 2. The first-order chi connectivity index (χ1) is 9.51. The number of aromatic nitrogens is 1. The van der Waals surface area contributed by atoms with Crippen LogP contribution in [0, 0.1) is 10.1 Å². The third-order valence-electron chi connectivity index (χ3n) is 2.51. The highest BCUT2D eigenvalue weighted by molar-refractivity contribution is 9.10. The SMILES string of the molecule is CNc1ccc([N+](=O)[O-])c(Nc2ccc(Br)c(Cl)c2)n1. The van der Waals surface area contributed by atoms with Gasteiger partial charge < -0.3 is 10.6 Å². The smallest absolute Gasteiger partial charge is 0.311 e. The fourth-order valence-corrected chi connectivity index (χ4v) is 1.97. The number of hydrogen-bond acceptors (Lipinski definition) is 5. The second-order valence-electron chi connectivity index (χ2n) is 3.83. The Bertz CT molecular complexity index is 666. The summed E-state index contributed by atoms with van der Waals surface area (Å²) in [5.74, 6) is 0.682. The van der Waals surface area contributed by atoms with E-state index in [4.69, 9.17) is 11.6 Å². The number of halogens is 2. The van der Waals surface area contributed by atoms with Crippen molar-refractivity contribution in [1.82, 2.24) is 4.98 Å². The first-order valence-electron chi connectivity index (χ1n) is 5.56. The van der Waals surface area contributed by atoms with E-state index in [2.05, 4.69) is 31.5 Å². The van der Waals surface area contributed by atoms with Gasteiger partial charge in [-0.25, -0.2) is 4.98 Å². The first-order valence-corrected chi connectivity index (χ1v) is 6.73. The fraction of sp³-hybridized carbons (Fsp3) is 0.0833. The number of nitro groups is 1. The van der Waals surface area contributed by atoms with Gasteiger partial charge in [0.15, 0.2) is 0 Å². The van der Waals surface area contributed by atoms with Gasteiger partial charge in [0, 0.05) is 23.3 Å². The van der Waals surface area contributed by atoms with Crippen molar-refractivity contribution < 1.29 is 4.92 Å². The molecule has 0 radical (unpaired) electrons. The zero-order chi connectivity index (χ0) is 14.7. The molecule has 1 heterocycles. The van der Waals surface area contributed by atoms with Crippen molar-refractivity contribution in [3.63, 3.8) is 0 Å². The lowest BCUT2D eigenvalue weighted by Crippen LogP contribution is -2.02. The number of anilines is 3. The van der Waals surface area contributed by atoms with Gasteiger partial charge in [-0.3, -0.25) is 10.1 Å². The summed E-state index contributed by atoms with van der Waals surface area (Å²) >= 11 is 9.27. The third kappa shape index (κ3) is 3.17. The van der Waals surface area contributed by atoms with Crippen LogP contribution in [0.25, 0.3) is 0 Å². The summed E-state index contributed by atoms with van der Waals surface area (Å²) in [6.45, 7) is 0. The molecule has 0 spiro atoms. The molecule has 0 aliphatic carbocycles. The molecule has 0 aliphatic rings. The minimum atomic E-state index is -0.491. The molecule has 104 valence electrons. The highest BCUT2D eigenvalue weighted by Gasteiger charge is 2.16. The minimum absolute atomic E-state index is 0.108. The normalized spacial score (nSPS) is 10.2. The average molecular weight is 358 g/mol. The summed E-state index contributed by atoms with van der Waals surface area (Å²) in [7, 11) is 1.69. The van der Waals surface area contributed by atoms with Crippen LogP contribution in [-0.4, -0.2) is 17.0 Å². The lowest BCUT2D eigenvalue weighted by atomic mass is 10.3.